The average molecular weight is 378 g/mol. The van der Waals surface area contributed by atoms with E-state index in [1.54, 1.807) is 13.2 Å². The van der Waals surface area contributed by atoms with Crippen molar-refractivity contribution in [2.24, 2.45) is 0 Å². The molecule has 0 heterocycles. The molecule has 0 aliphatic heterocycles. The minimum absolute atomic E-state index is 0.0553. The van der Waals surface area contributed by atoms with Gasteiger partial charge in [-0.1, -0.05) is 35.3 Å². The Morgan fingerprint density at radius 2 is 2.04 bits per heavy atom. The van der Waals surface area contributed by atoms with E-state index in [1.165, 1.54) is 11.1 Å². The lowest BCUT2D eigenvalue weighted by molar-refractivity contribution is -0.121. The van der Waals surface area contributed by atoms with Crippen molar-refractivity contribution >= 4 is 29.1 Å². The van der Waals surface area contributed by atoms with Crippen LogP contribution in [0.3, 0.4) is 0 Å². The number of hydrogen-bond donors (Lipinski definition) is 1. The number of benzene rings is 2. The SMILES string of the molecule is COc1ccc2c(c1)CCC[C@@H]2NC(=O)CCc1ccc(Cl)c(Cl)c1. The molecule has 132 valence electrons. The summed E-state index contributed by atoms with van der Waals surface area (Å²) in [6.07, 6.45) is 4.14. The number of fused-ring (bicyclic) bond motifs is 1. The van der Waals surface area contributed by atoms with Gasteiger partial charge in [0.2, 0.25) is 5.91 Å². The second kappa shape index (κ2) is 8.11. The number of carbonyl (C=O) groups is 1. The molecule has 1 aliphatic carbocycles. The molecule has 1 N–H and O–H groups in total. The maximum atomic E-state index is 12.4. The molecule has 0 aromatic heterocycles. The van der Waals surface area contributed by atoms with Crippen LogP contribution in [0.2, 0.25) is 10.0 Å². The summed E-state index contributed by atoms with van der Waals surface area (Å²) in [4.78, 5) is 12.4. The standard InChI is InChI=1S/C20H21Cl2NO2/c1-25-15-7-8-16-14(12-15)3-2-4-19(16)23-20(24)10-6-13-5-9-17(21)18(22)11-13/h5,7-9,11-12,19H,2-4,6,10H2,1H3,(H,23,24)/t19-/m0/s1. The van der Waals surface area contributed by atoms with Crippen LogP contribution in [0.5, 0.6) is 5.75 Å². The van der Waals surface area contributed by atoms with Gasteiger partial charge in [0.05, 0.1) is 23.2 Å². The van der Waals surface area contributed by atoms with Crippen LogP contribution in [0.25, 0.3) is 0 Å². The van der Waals surface area contributed by atoms with Crippen LogP contribution in [0, 0.1) is 0 Å². The Balaban J connectivity index is 1.61. The normalized spacial score (nSPS) is 16.2. The summed E-state index contributed by atoms with van der Waals surface area (Å²) in [5, 5.41) is 4.22. The van der Waals surface area contributed by atoms with Crippen molar-refractivity contribution in [2.75, 3.05) is 7.11 Å². The summed E-state index contributed by atoms with van der Waals surface area (Å²) >= 11 is 11.9. The number of methoxy groups -OCH3 is 1. The van der Waals surface area contributed by atoms with Crippen LogP contribution in [-0.4, -0.2) is 13.0 Å². The Morgan fingerprint density at radius 3 is 2.80 bits per heavy atom. The summed E-state index contributed by atoms with van der Waals surface area (Å²) in [6.45, 7) is 0. The molecular weight excluding hydrogens is 357 g/mol. The molecule has 0 radical (unpaired) electrons. The maximum absolute atomic E-state index is 12.4. The molecule has 0 saturated carbocycles. The van der Waals surface area contributed by atoms with E-state index < -0.39 is 0 Å². The maximum Gasteiger partial charge on any atom is 0.220 e. The molecule has 3 nitrogen and oxygen atoms in total. The van der Waals surface area contributed by atoms with E-state index in [0.717, 1.165) is 30.6 Å². The van der Waals surface area contributed by atoms with Crippen LogP contribution < -0.4 is 10.1 Å². The Morgan fingerprint density at radius 1 is 1.20 bits per heavy atom. The molecule has 5 heteroatoms. The molecule has 3 rings (SSSR count). The number of amides is 1. The van der Waals surface area contributed by atoms with Gasteiger partial charge in [0.1, 0.15) is 5.75 Å². The topological polar surface area (TPSA) is 38.3 Å². The van der Waals surface area contributed by atoms with Gasteiger partial charge in [-0.05, 0) is 66.6 Å². The predicted molar refractivity (Wildman–Crippen MR) is 102 cm³/mol. The number of nitrogens with one attached hydrogen (secondary N) is 1. The third-order valence-electron chi connectivity index (χ3n) is 4.62. The van der Waals surface area contributed by atoms with Crippen LogP contribution in [-0.2, 0) is 17.6 Å². The molecule has 0 unspecified atom stereocenters. The first-order valence-corrected chi connectivity index (χ1v) is 9.22. The molecule has 1 amide bonds. The largest absolute Gasteiger partial charge is 0.497 e. The molecule has 2 aromatic carbocycles. The second-order valence-corrected chi connectivity index (χ2v) is 7.14. The Hall–Kier alpha value is -1.71. The van der Waals surface area contributed by atoms with Gasteiger partial charge in [0.25, 0.3) is 0 Å². The minimum Gasteiger partial charge on any atom is -0.497 e. The number of hydrogen-bond acceptors (Lipinski definition) is 2. The first kappa shape index (κ1) is 18.1. The third kappa shape index (κ3) is 4.47. The van der Waals surface area contributed by atoms with Gasteiger partial charge in [-0.3, -0.25) is 4.79 Å². The highest BCUT2D eigenvalue weighted by molar-refractivity contribution is 6.42. The van der Waals surface area contributed by atoms with Crippen molar-refractivity contribution in [3.05, 3.63) is 63.1 Å². The fourth-order valence-corrected chi connectivity index (χ4v) is 3.61. The summed E-state index contributed by atoms with van der Waals surface area (Å²) in [7, 11) is 1.67. The van der Waals surface area contributed by atoms with Gasteiger partial charge in [-0.25, -0.2) is 0 Å². The number of ether oxygens (including phenoxy) is 1. The lowest BCUT2D eigenvalue weighted by atomic mass is 9.87. The molecule has 0 spiro atoms. The molecular formula is C20H21Cl2NO2. The van der Waals surface area contributed by atoms with Gasteiger partial charge in [-0.15, -0.1) is 0 Å². The first-order chi connectivity index (χ1) is 12.1. The summed E-state index contributed by atoms with van der Waals surface area (Å²) < 4.78 is 5.29. The van der Waals surface area contributed by atoms with E-state index in [-0.39, 0.29) is 11.9 Å². The number of carbonyl (C=O) groups excluding carboxylic acids is 1. The van der Waals surface area contributed by atoms with E-state index in [4.69, 9.17) is 27.9 Å². The van der Waals surface area contributed by atoms with Crippen molar-refractivity contribution in [3.63, 3.8) is 0 Å². The summed E-state index contributed by atoms with van der Waals surface area (Å²) in [6, 6.07) is 11.7. The van der Waals surface area contributed by atoms with Crippen molar-refractivity contribution in [1.29, 1.82) is 0 Å². The van der Waals surface area contributed by atoms with Gasteiger partial charge in [0, 0.05) is 6.42 Å². The molecule has 0 saturated heterocycles. The molecule has 25 heavy (non-hydrogen) atoms. The molecule has 2 aromatic rings. The van der Waals surface area contributed by atoms with Crippen LogP contribution in [0.4, 0.5) is 0 Å². The molecule has 1 aliphatic rings. The lowest BCUT2D eigenvalue weighted by Crippen LogP contribution is -2.31. The van der Waals surface area contributed by atoms with Crippen LogP contribution in [0.15, 0.2) is 36.4 Å². The summed E-state index contributed by atoms with van der Waals surface area (Å²) in [5.74, 6) is 0.921. The zero-order chi connectivity index (χ0) is 17.8. The fourth-order valence-electron chi connectivity index (χ4n) is 3.29. The highest BCUT2D eigenvalue weighted by Gasteiger charge is 2.22. The zero-order valence-electron chi connectivity index (χ0n) is 14.1. The number of halogens is 2. The van der Waals surface area contributed by atoms with Crippen LogP contribution >= 0.6 is 23.2 Å². The second-order valence-electron chi connectivity index (χ2n) is 6.33. The molecule has 0 bridgehead atoms. The minimum atomic E-state index is 0.0553. The zero-order valence-corrected chi connectivity index (χ0v) is 15.7. The highest BCUT2D eigenvalue weighted by atomic mass is 35.5. The van der Waals surface area contributed by atoms with Gasteiger partial charge >= 0.3 is 0 Å². The van der Waals surface area contributed by atoms with E-state index in [9.17, 15) is 4.79 Å². The first-order valence-electron chi connectivity index (χ1n) is 8.47. The van der Waals surface area contributed by atoms with Gasteiger partial charge in [-0.2, -0.15) is 0 Å². The predicted octanol–water partition coefficient (Wildman–Crippen LogP) is 5.13. The average Bonchev–Trinajstić information content (AvgIpc) is 2.62. The van der Waals surface area contributed by atoms with E-state index in [1.807, 2.05) is 18.2 Å². The molecule has 1 atom stereocenters. The van der Waals surface area contributed by atoms with Crippen LogP contribution in [0.1, 0.15) is 42.0 Å². The molecule has 0 fully saturated rings. The Labute approximate surface area is 158 Å². The monoisotopic (exact) mass is 377 g/mol. The third-order valence-corrected chi connectivity index (χ3v) is 5.36. The van der Waals surface area contributed by atoms with Crippen molar-refractivity contribution in [3.8, 4) is 5.75 Å². The number of rotatable bonds is 5. The van der Waals surface area contributed by atoms with Gasteiger partial charge < -0.3 is 10.1 Å². The van der Waals surface area contributed by atoms with E-state index in [2.05, 4.69) is 17.4 Å². The fraction of sp³-hybridized carbons (Fsp3) is 0.350. The van der Waals surface area contributed by atoms with E-state index in [0.29, 0.717) is 22.9 Å². The van der Waals surface area contributed by atoms with Crippen molar-refractivity contribution in [2.45, 2.75) is 38.1 Å². The quantitative estimate of drug-likeness (QED) is 0.784. The van der Waals surface area contributed by atoms with E-state index >= 15 is 0 Å². The summed E-state index contributed by atoms with van der Waals surface area (Å²) in [5.41, 5.74) is 3.48. The van der Waals surface area contributed by atoms with Crippen molar-refractivity contribution < 1.29 is 9.53 Å². The Kier molecular flexibility index (Phi) is 5.87. The smallest absolute Gasteiger partial charge is 0.220 e. The number of aryl methyl sites for hydroxylation is 2. The highest BCUT2D eigenvalue weighted by Crippen LogP contribution is 2.32. The van der Waals surface area contributed by atoms with Gasteiger partial charge in [0.15, 0.2) is 0 Å². The lowest BCUT2D eigenvalue weighted by Gasteiger charge is -2.27. The van der Waals surface area contributed by atoms with Crippen molar-refractivity contribution in [1.82, 2.24) is 5.32 Å². The Bertz CT molecular complexity index is 776.